The van der Waals surface area contributed by atoms with E-state index in [1.807, 2.05) is 0 Å². The van der Waals surface area contributed by atoms with E-state index in [2.05, 4.69) is 10.6 Å². The van der Waals surface area contributed by atoms with Crippen LogP contribution in [0.2, 0.25) is 10.0 Å². The average molecular weight is 566 g/mol. The molecule has 3 fully saturated rings. The molecule has 3 amide bonds. The van der Waals surface area contributed by atoms with Crippen LogP contribution in [0.25, 0.3) is 0 Å². The van der Waals surface area contributed by atoms with Crippen LogP contribution in [0.3, 0.4) is 0 Å². The van der Waals surface area contributed by atoms with Gasteiger partial charge < -0.3 is 29.7 Å². The van der Waals surface area contributed by atoms with Gasteiger partial charge in [0.2, 0.25) is 17.7 Å². The number of nitrogens with zero attached hydrogens (tertiary/aromatic N) is 1. The Kier molecular flexibility index (Phi) is 7.52. The summed E-state index contributed by atoms with van der Waals surface area (Å²) >= 11 is 12.2. The molecule has 1 spiro atoms. The summed E-state index contributed by atoms with van der Waals surface area (Å²) in [4.78, 5) is 43.1. The Hall–Kier alpha value is -2.17. The van der Waals surface area contributed by atoms with Crippen molar-refractivity contribution in [2.75, 3.05) is 26.1 Å². The fourth-order valence-electron chi connectivity index (χ4n) is 6.55. The molecule has 1 aromatic carbocycles. The van der Waals surface area contributed by atoms with Crippen LogP contribution in [0.15, 0.2) is 30.4 Å². The van der Waals surface area contributed by atoms with Crippen molar-refractivity contribution >= 4 is 46.6 Å². The molecule has 1 aromatic rings. The van der Waals surface area contributed by atoms with Gasteiger partial charge in [-0.2, -0.15) is 0 Å². The highest BCUT2D eigenvalue weighted by molar-refractivity contribution is 6.42. The number of fused-ring (bicyclic) bond motifs is 1. The first kappa shape index (κ1) is 27.4. The quantitative estimate of drug-likeness (QED) is 0.369. The number of hydrogen-bond donors (Lipinski definition) is 2. The molecule has 5 rings (SSSR count). The van der Waals surface area contributed by atoms with Crippen LogP contribution in [-0.4, -0.2) is 73.0 Å². The minimum atomic E-state index is -1.30. The van der Waals surface area contributed by atoms with Crippen LogP contribution in [0.5, 0.6) is 0 Å². The molecule has 206 valence electrons. The van der Waals surface area contributed by atoms with Crippen molar-refractivity contribution in [1.82, 2.24) is 10.2 Å². The number of anilines is 1. The monoisotopic (exact) mass is 565 g/mol. The number of rotatable bonds is 8. The molecule has 5 atom stereocenters. The van der Waals surface area contributed by atoms with E-state index in [4.69, 9.17) is 37.4 Å². The highest BCUT2D eigenvalue weighted by Crippen LogP contribution is 2.59. The molecule has 1 saturated carbocycles. The standard InChI is InChI=1S/C27H33Cl2N3O6/c1-26-11-12-27(38-26)21(20(26)23(33)31-16-9-10-17(28)18(29)13-16)25(35)32(14-19(36-2)37-3)22(27)24(34)30-15-7-5-4-6-8-15/h9-13,15,19-22H,4-8,14H2,1-3H3,(H,30,34)(H,31,33)/t20-,21-,22-,26-,27-/m0/s1. The van der Waals surface area contributed by atoms with E-state index in [0.717, 1.165) is 32.1 Å². The minimum absolute atomic E-state index is 0.0158. The van der Waals surface area contributed by atoms with Gasteiger partial charge in [0.25, 0.3) is 0 Å². The zero-order chi connectivity index (χ0) is 27.2. The number of likely N-dealkylation sites (tertiary alicyclic amines) is 1. The van der Waals surface area contributed by atoms with Crippen LogP contribution >= 0.6 is 23.2 Å². The van der Waals surface area contributed by atoms with Gasteiger partial charge in [0.15, 0.2) is 6.29 Å². The second-order valence-electron chi connectivity index (χ2n) is 10.7. The largest absolute Gasteiger partial charge is 0.356 e. The third-order valence-corrected chi connectivity index (χ3v) is 9.08. The van der Waals surface area contributed by atoms with Crippen molar-refractivity contribution in [2.45, 2.75) is 68.6 Å². The fourth-order valence-corrected chi connectivity index (χ4v) is 6.85. The fraction of sp³-hybridized carbons (Fsp3) is 0.593. The molecule has 0 radical (unpaired) electrons. The highest BCUT2D eigenvalue weighted by Gasteiger charge is 2.76. The first-order valence-corrected chi connectivity index (χ1v) is 13.7. The molecule has 9 nitrogen and oxygen atoms in total. The predicted molar refractivity (Wildman–Crippen MR) is 142 cm³/mol. The maximum absolute atomic E-state index is 14.1. The SMILES string of the molecule is COC(CN1C(=O)[C@@H]2[C@@H](C(=O)Nc3ccc(Cl)c(Cl)c3)[C@]3(C)C=C[C@@]2(O3)[C@@H]1C(=O)NC1CCCCC1)OC. The number of hydrogen-bond acceptors (Lipinski definition) is 6. The van der Waals surface area contributed by atoms with Gasteiger partial charge in [0.05, 0.1) is 34.0 Å². The Balaban J connectivity index is 1.48. The average Bonchev–Trinajstić information content (AvgIpc) is 3.46. The van der Waals surface area contributed by atoms with E-state index in [-0.39, 0.29) is 24.4 Å². The van der Waals surface area contributed by atoms with Gasteiger partial charge in [0.1, 0.15) is 11.6 Å². The van der Waals surface area contributed by atoms with E-state index in [1.165, 1.54) is 19.1 Å². The molecule has 3 aliphatic heterocycles. The lowest BCUT2D eigenvalue weighted by molar-refractivity contribution is -0.156. The van der Waals surface area contributed by atoms with Gasteiger partial charge in [-0.15, -0.1) is 0 Å². The lowest BCUT2D eigenvalue weighted by atomic mass is 9.70. The van der Waals surface area contributed by atoms with Gasteiger partial charge >= 0.3 is 0 Å². The maximum Gasteiger partial charge on any atom is 0.246 e. The molecule has 11 heteroatoms. The second-order valence-corrected chi connectivity index (χ2v) is 11.5. The molecule has 38 heavy (non-hydrogen) atoms. The van der Waals surface area contributed by atoms with E-state index in [0.29, 0.717) is 15.7 Å². The molecule has 4 aliphatic rings. The normalized spacial score (nSPS) is 32.2. The Labute approximate surface area is 232 Å². The predicted octanol–water partition coefficient (Wildman–Crippen LogP) is 3.54. The summed E-state index contributed by atoms with van der Waals surface area (Å²) in [6, 6.07) is 3.84. The zero-order valence-corrected chi connectivity index (χ0v) is 23.2. The van der Waals surface area contributed by atoms with Gasteiger partial charge in [-0.25, -0.2) is 0 Å². The number of ether oxygens (including phenoxy) is 3. The summed E-state index contributed by atoms with van der Waals surface area (Å²) in [5.41, 5.74) is -1.92. The summed E-state index contributed by atoms with van der Waals surface area (Å²) in [5.74, 6) is -2.84. The first-order chi connectivity index (χ1) is 18.1. The van der Waals surface area contributed by atoms with Crippen molar-refractivity contribution in [3.05, 3.63) is 40.4 Å². The number of amides is 3. The summed E-state index contributed by atoms with van der Waals surface area (Å²) in [6.07, 6.45) is 7.87. The lowest BCUT2D eigenvalue weighted by Gasteiger charge is -2.35. The molecule has 1 aliphatic carbocycles. The Morgan fingerprint density at radius 1 is 1.11 bits per heavy atom. The minimum Gasteiger partial charge on any atom is -0.356 e. The van der Waals surface area contributed by atoms with Gasteiger partial charge in [-0.1, -0.05) is 54.6 Å². The summed E-state index contributed by atoms with van der Waals surface area (Å²) in [6.45, 7) is 1.79. The molecular formula is C27H33Cl2N3O6. The second kappa shape index (κ2) is 10.4. The van der Waals surface area contributed by atoms with Gasteiger partial charge in [-0.05, 0) is 38.0 Å². The van der Waals surface area contributed by atoms with E-state index in [1.54, 1.807) is 37.3 Å². The summed E-state index contributed by atoms with van der Waals surface area (Å²) < 4.78 is 17.3. The number of carbonyl (C=O) groups is 3. The first-order valence-electron chi connectivity index (χ1n) is 13.0. The molecule has 2 bridgehead atoms. The van der Waals surface area contributed by atoms with Crippen molar-refractivity contribution in [3.8, 4) is 0 Å². The Morgan fingerprint density at radius 2 is 1.82 bits per heavy atom. The molecule has 0 unspecified atom stereocenters. The molecule has 0 aromatic heterocycles. The Bertz CT molecular complexity index is 1150. The van der Waals surface area contributed by atoms with Gasteiger partial charge in [-0.3, -0.25) is 14.4 Å². The third kappa shape index (κ3) is 4.52. The van der Waals surface area contributed by atoms with Crippen LogP contribution in [0, 0.1) is 11.8 Å². The summed E-state index contributed by atoms with van der Waals surface area (Å²) in [5, 5.41) is 6.68. The zero-order valence-electron chi connectivity index (χ0n) is 21.7. The lowest BCUT2D eigenvalue weighted by Crippen LogP contribution is -2.57. The van der Waals surface area contributed by atoms with Crippen molar-refractivity contribution in [3.63, 3.8) is 0 Å². The number of benzene rings is 1. The van der Waals surface area contributed by atoms with E-state index in [9.17, 15) is 14.4 Å². The smallest absolute Gasteiger partial charge is 0.246 e. The topological polar surface area (TPSA) is 106 Å². The van der Waals surface area contributed by atoms with Crippen LogP contribution in [0.4, 0.5) is 5.69 Å². The molecule has 2 N–H and O–H groups in total. The van der Waals surface area contributed by atoms with Crippen LogP contribution in [-0.2, 0) is 28.6 Å². The molecule has 3 heterocycles. The number of methoxy groups -OCH3 is 2. The van der Waals surface area contributed by atoms with Crippen molar-refractivity contribution < 1.29 is 28.6 Å². The highest BCUT2D eigenvalue weighted by atomic mass is 35.5. The van der Waals surface area contributed by atoms with Crippen LogP contribution in [0.1, 0.15) is 39.0 Å². The van der Waals surface area contributed by atoms with Crippen molar-refractivity contribution in [2.24, 2.45) is 11.8 Å². The number of nitrogens with one attached hydrogen (secondary N) is 2. The number of carbonyl (C=O) groups excluding carboxylic acids is 3. The maximum atomic E-state index is 14.1. The molecule has 2 saturated heterocycles. The number of halogens is 2. The van der Waals surface area contributed by atoms with Gasteiger partial charge in [0, 0.05) is 25.9 Å². The van der Waals surface area contributed by atoms with Crippen LogP contribution < -0.4 is 10.6 Å². The third-order valence-electron chi connectivity index (χ3n) is 8.34. The Morgan fingerprint density at radius 3 is 2.47 bits per heavy atom. The van der Waals surface area contributed by atoms with Crippen molar-refractivity contribution in [1.29, 1.82) is 0 Å². The molecular weight excluding hydrogens is 533 g/mol. The summed E-state index contributed by atoms with van der Waals surface area (Å²) in [7, 11) is 2.95. The van der Waals surface area contributed by atoms with E-state index < -0.39 is 41.3 Å². The van der Waals surface area contributed by atoms with E-state index >= 15 is 0 Å².